The molecule has 0 saturated heterocycles. The lowest BCUT2D eigenvalue weighted by molar-refractivity contribution is -0.137. The fourth-order valence-corrected chi connectivity index (χ4v) is 8.26. The van der Waals surface area contributed by atoms with Crippen molar-refractivity contribution in [2.45, 2.75) is 25.8 Å². The predicted molar refractivity (Wildman–Crippen MR) is 130 cm³/mol. The van der Waals surface area contributed by atoms with Gasteiger partial charge >= 0.3 is 6.18 Å². The van der Waals surface area contributed by atoms with Crippen molar-refractivity contribution in [3.8, 4) is 0 Å². The number of hydrogen-bond donors (Lipinski definition) is 0. The first kappa shape index (κ1) is 20.7. The molecule has 0 aliphatic heterocycles. The molecule has 3 aromatic carbocycles. The molecular formula is C22H19F3INSSi. The van der Waals surface area contributed by atoms with Crippen molar-refractivity contribution in [3.05, 3.63) is 66.2 Å². The van der Waals surface area contributed by atoms with Gasteiger partial charge in [0.2, 0.25) is 0 Å². The second-order valence-electron chi connectivity index (χ2n) is 7.98. The van der Waals surface area contributed by atoms with E-state index in [1.165, 1.54) is 27.4 Å². The van der Waals surface area contributed by atoms with E-state index in [2.05, 4.69) is 43.9 Å². The van der Waals surface area contributed by atoms with E-state index in [4.69, 9.17) is 0 Å². The number of nitrogens with zero attached hydrogens (tertiary/aromatic N) is 1. The van der Waals surface area contributed by atoms with Gasteiger partial charge in [-0.3, -0.25) is 3.11 Å². The maximum atomic E-state index is 13.6. The van der Waals surface area contributed by atoms with Gasteiger partial charge in [0.15, 0.2) is 0 Å². The minimum absolute atomic E-state index is 0.149. The monoisotopic (exact) mass is 541 g/mol. The molecule has 1 aromatic heterocycles. The van der Waals surface area contributed by atoms with Crippen LogP contribution in [0.3, 0.4) is 0 Å². The lowest BCUT2D eigenvalue weighted by Gasteiger charge is -2.22. The van der Waals surface area contributed by atoms with Gasteiger partial charge < -0.3 is 0 Å². The van der Waals surface area contributed by atoms with Crippen molar-refractivity contribution in [2.75, 3.05) is 3.11 Å². The average molecular weight is 541 g/mol. The zero-order valence-electron chi connectivity index (χ0n) is 16.1. The van der Waals surface area contributed by atoms with Gasteiger partial charge in [0, 0.05) is 15.5 Å². The van der Waals surface area contributed by atoms with Crippen molar-refractivity contribution in [1.82, 2.24) is 0 Å². The number of rotatable bonds is 3. The summed E-state index contributed by atoms with van der Waals surface area (Å²) in [6, 6.07) is 18.0. The van der Waals surface area contributed by atoms with E-state index in [0.29, 0.717) is 0 Å². The van der Waals surface area contributed by atoms with Crippen LogP contribution in [0.4, 0.5) is 24.5 Å². The molecule has 0 unspecified atom stereocenters. The van der Waals surface area contributed by atoms with E-state index >= 15 is 0 Å². The first-order valence-corrected chi connectivity index (χ1v) is 14.4. The number of halogens is 4. The van der Waals surface area contributed by atoms with Gasteiger partial charge in [-0.15, -0.1) is 11.3 Å². The first-order chi connectivity index (χ1) is 13.6. The maximum Gasteiger partial charge on any atom is 0.418 e. The van der Waals surface area contributed by atoms with Gasteiger partial charge in [0.05, 0.1) is 52.6 Å². The summed E-state index contributed by atoms with van der Waals surface area (Å²) < 4.78 is 44.6. The van der Waals surface area contributed by atoms with Crippen molar-refractivity contribution in [3.63, 3.8) is 0 Å². The maximum absolute atomic E-state index is 13.6. The zero-order valence-corrected chi connectivity index (χ0v) is 20.1. The summed E-state index contributed by atoms with van der Waals surface area (Å²) in [4.78, 5) is 0. The summed E-state index contributed by atoms with van der Waals surface area (Å²) in [7, 11) is -1.56. The quantitative estimate of drug-likeness (QED) is 0.144. The fraction of sp³-hybridized carbons (Fsp3) is 0.182. The Kier molecular flexibility index (Phi) is 5.19. The largest absolute Gasteiger partial charge is 0.418 e. The number of thiophene rings is 1. The summed E-state index contributed by atoms with van der Waals surface area (Å²) in [6.07, 6.45) is -4.40. The van der Waals surface area contributed by atoms with E-state index in [-0.39, 0.29) is 5.69 Å². The summed E-state index contributed by atoms with van der Waals surface area (Å²) in [6.45, 7) is 6.95. The van der Waals surface area contributed by atoms with Crippen LogP contribution >= 0.6 is 34.2 Å². The van der Waals surface area contributed by atoms with Gasteiger partial charge in [-0.05, 0) is 23.4 Å². The molecule has 0 bridgehead atoms. The van der Waals surface area contributed by atoms with E-state index in [1.807, 2.05) is 35.0 Å². The minimum atomic E-state index is -4.40. The second kappa shape index (κ2) is 7.28. The molecular weight excluding hydrogens is 522 g/mol. The molecule has 0 radical (unpaired) electrons. The Hall–Kier alpha value is -1.58. The summed E-state index contributed by atoms with van der Waals surface area (Å²) >= 11 is 3.67. The molecule has 1 nitrogen and oxygen atoms in total. The predicted octanol–water partition coefficient (Wildman–Crippen LogP) is 8.11. The topological polar surface area (TPSA) is 3.24 Å². The minimum Gasteiger partial charge on any atom is -0.281 e. The Labute approximate surface area is 186 Å². The molecule has 0 N–H and O–H groups in total. The highest BCUT2D eigenvalue weighted by Gasteiger charge is 2.35. The lowest BCUT2D eigenvalue weighted by Crippen LogP contribution is -2.37. The van der Waals surface area contributed by atoms with Crippen LogP contribution in [0.25, 0.3) is 20.2 Å². The highest BCUT2D eigenvalue weighted by Crippen LogP contribution is 2.46. The smallest absolute Gasteiger partial charge is 0.281 e. The van der Waals surface area contributed by atoms with Crippen LogP contribution in [0.1, 0.15) is 5.56 Å². The molecule has 0 saturated carbocycles. The fourth-order valence-electron chi connectivity index (χ4n) is 3.56. The van der Waals surface area contributed by atoms with E-state index in [1.54, 1.807) is 20.5 Å². The van der Waals surface area contributed by atoms with Crippen molar-refractivity contribution in [2.24, 2.45) is 0 Å². The normalized spacial score (nSPS) is 12.7. The third kappa shape index (κ3) is 3.68. The third-order valence-corrected chi connectivity index (χ3v) is 9.47. The van der Waals surface area contributed by atoms with Crippen LogP contribution in [-0.2, 0) is 6.18 Å². The van der Waals surface area contributed by atoms with Crippen LogP contribution in [0.15, 0.2) is 60.7 Å². The van der Waals surface area contributed by atoms with Crippen LogP contribution < -0.4 is 8.30 Å². The molecule has 29 heavy (non-hydrogen) atoms. The standard InChI is InChI=1S/C22H19F3INSSi/c1-29(2,3)19-13-7-9-15-14-8-6-12-18(20(14)28-21(15)19)27(26)17-11-5-4-10-16(17)22(23,24)25/h4-13H,1-3H3. The number of benzene rings is 3. The van der Waals surface area contributed by atoms with E-state index in [0.717, 1.165) is 21.8 Å². The second-order valence-corrected chi connectivity index (χ2v) is 15.0. The number of fused-ring (bicyclic) bond motifs is 3. The van der Waals surface area contributed by atoms with Gasteiger partial charge in [-0.25, -0.2) is 0 Å². The molecule has 7 heteroatoms. The summed E-state index contributed by atoms with van der Waals surface area (Å²) in [5.41, 5.74) is 0.300. The lowest BCUT2D eigenvalue weighted by atomic mass is 10.1. The summed E-state index contributed by atoms with van der Waals surface area (Å²) in [5, 5.41) is 3.66. The average Bonchev–Trinajstić information content (AvgIpc) is 3.04. The Morgan fingerprint density at radius 1 is 0.793 bits per heavy atom. The van der Waals surface area contributed by atoms with Crippen molar-refractivity contribution >= 4 is 79.0 Å². The van der Waals surface area contributed by atoms with Crippen LogP contribution in [0, 0.1) is 0 Å². The summed E-state index contributed by atoms with van der Waals surface area (Å²) in [5.74, 6) is 0. The van der Waals surface area contributed by atoms with Gasteiger partial charge in [0.25, 0.3) is 0 Å². The first-order valence-electron chi connectivity index (χ1n) is 9.16. The third-order valence-electron chi connectivity index (χ3n) is 4.94. The molecule has 150 valence electrons. The molecule has 0 spiro atoms. The van der Waals surface area contributed by atoms with Gasteiger partial charge in [-0.2, -0.15) is 13.2 Å². The van der Waals surface area contributed by atoms with Crippen molar-refractivity contribution in [1.29, 1.82) is 0 Å². The highest BCUT2D eigenvalue weighted by molar-refractivity contribution is 14.1. The van der Waals surface area contributed by atoms with Gasteiger partial charge in [-0.1, -0.05) is 62.1 Å². The zero-order chi connectivity index (χ0) is 21.0. The Morgan fingerprint density at radius 3 is 2.03 bits per heavy atom. The number of alkyl halides is 3. The molecule has 4 aromatic rings. The molecule has 0 fully saturated rings. The highest BCUT2D eigenvalue weighted by atomic mass is 127. The SMILES string of the molecule is C[Si](C)(C)c1cccc2c1sc1c(N(I)c3ccccc3C(F)(F)F)cccc12. The molecule has 0 atom stereocenters. The van der Waals surface area contributed by atoms with E-state index < -0.39 is 19.8 Å². The van der Waals surface area contributed by atoms with Crippen LogP contribution in [0.2, 0.25) is 19.6 Å². The Bertz CT molecular complexity index is 1210. The Balaban J connectivity index is 1.97. The number of para-hydroxylation sites is 1. The van der Waals surface area contributed by atoms with E-state index in [9.17, 15) is 13.2 Å². The molecule has 0 aliphatic carbocycles. The van der Waals surface area contributed by atoms with Crippen molar-refractivity contribution < 1.29 is 13.2 Å². The van der Waals surface area contributed by atoms with Crippen LogP contribution in [-0.4, -0.2) is 8.07 Å². The number of anilines is 2. The molecule has 1 heterocycles. The molecule has 0 amide bonds. The molecule has 4 rings (SSSR count). The molecule has 0 aliphatic rings. The number of hydrogen-bond acceptors (Lipinski definition) is 2. The van der Waals surface area contributed by atoms with Crippen LogP contribution in [0.5, 0.6) is 0 Å². The Morgan fingerprint density at radius 2 is 1.38 bits per heavy atom. The van der Waals surface area contributed by atoms with Gasteiger partial charge in [0.1, 0.15) is 0 Å².